The highest BCUT2D eigenvalue weighted by molar-refractivity contribution is 9.10. The van der Waals surface area contributed by atoms with E-state index in [2.05, 4.69) is 15.9 Å². The number of halogens is 3. The van der Waals surface area contributed by atoms with Crippen LogP contribution in [0.25, 0.3) is 0 Å². The molecule has 4 aliphatic rings. The molecule has 51 heavy (non-hydrogen) atoms. The van der Waals surface area contributed by atoms with Gasteiger partial charge in [-0.25, -0.2) is 9.80 Å². The number of carbonyl (C=O) groups excluding carboxylic acids is 4. The number of phenolic OH excluding ortho intramolecular Hbond substituents is 1. The van der Waals surface area contributed by atoms with Crippen molar-refractivity contribution in [2.75, 3.05) is 16.9 Å². The van der Waals surface area contributed by atoms with Gasteiger partial charge in [0.2, 0.25) is 23.6 Å². The van der Waals surface area contributed by atoms with E-state index in [9.17, 15) is 19.5 Å². The van der Waals surface area contributed by atoms with Crippen LogP contribution in [0.3, 0.4) is 0 Å². The van der Waals surface area contributed by atoms with Crippen molar-refractivity contribution in [2.24, 2.45) is 23.7 Å². The molecule has 2 aliphatic carbocycles. The normalized spacial score (nSPS) is 26.9. The number of hydrogen-bond acceptors (Lipinski definition) is 6. The molecule has 0 bridgehead atoms. The minimum Gasteiger partial charge on any atom is -0.503 e. The number of ether oxygens (including phenoxy) is 1. The Balaban J connectivity index is 1.37. The molecule has 1 N–H and O–H groups in total. The summed E-state index contributed by atoms with van der Waals surface area (Å²) < 4.78 is 5.92. The molecule has 0 unspecified atom stereocenters. The minimum absolute atomic E-state index is 0.116. The zero-order valence-corrected chi connectivity index (χ0v) is 30.6. The quantitative estimate of drug-likeness (QED) is 0.162. The van der Waals surface area contributed by atoms with Crippen LogP contribution < -0.4 is 14.5 Å². The number of methoxy groups -OCH3 is 1. The maximum absolute atomic E-state index is 15.4. The number of rotatable bonds is 5. The van der Waals surface area contributed by atoms with Gasteiger partial charge in [-0.2, -0.15) is 0 Å². The standard InChI is InChI=1S/C40H31BrCl2N2O6/c1-20-11-12-25(18-31(20)43)44-36(47)27-14-13-26-28(33(27)38(44)49)19-29-37(48)45(24-10-6-9-23(42)17-24)39(50)40(29,22-7-4-3-5-8-22)34(26)21-15-30(41)35(46)32(16-21)51-2/h3-13,15-18,27-29,33-34,46H,14,19H2,1-2H3/t27-,28+,29-,33-,34-,40+/m0/s1. The molecule has 0 radical (unpaired) electrons. The van der Waals surface area contributed by atoms with E-state index < -0.39 is 46.8 Å². The first kappa shape index (κ1) is 33.7. The fourth-order valence-electron chi connectivity index (χ4n) is 9.01. The zero-order chi connectivity index (χ0) is 35.9. The second-order valence-electron chi connectivity index (χ2n) is 13.6. The van der Waals surface area contributed by atoms with Crippen molar-refractivity contribution in [3.05, 3.63) is 128 Å². The molecule has 0 spiro atoms. The number of benzene rings is 4. The van der Waals surface area contributed by atoms with Gasteiger partial charge in [-0.3, -0.25) is 19.2 Å². The van der Waals surface area contributed by atoms with E-state index in [4.69, 9.17) is 27.9 Å². The smallest absolute Gasteiger partial charge is 0.246 e. The summed E-state index contributed by atoms with van der Waals surface area (Å²) >= 11 is 16.3. The average molecular weight is 787 g/mol. The van der Waals surface area contributed by atoms with Crippen LogP contribution >= 0.6 is 39.1 Å². The Morgan fingerprint density at radius 2 is 1.59 bits per heavy atom. The van der Waals surface area contributed by atoms with Crippen molar-refractivity contribution in [3.63, 3.8) is 0 Å². The van der Waals surface area contributed by atoms with Crippen LogP contribution in [0.2, 0.25) is 10.0 Å². The third kappa shape index (κ3) is 4.85. The van der Waals surface area contributed by atoms with E-state index >= 15 is 4.79 Å². The highest BCUT2D eigenvalue weighted by Gasteiger charge is 2.70. The van der Waals surface area contributed by atoms with Crippen LogP contribution in [0.15, 0.2) is 101 Å². The molecule has 11 heteroatoms. The van der Waals surface area contributed by atoms with Crippen molar-refractivity contribution in [2.45, 2.75) is 31.1 Å². The largest absolute Gasteiger partial charge is 0.503 e. The fourth-order valence-corrected chi connectivity index (χ4v) is 9.83. The Morgan fingerprint density at radius 1 is 0.843 bits per heavy atom. The lowest BCUT2D eigenvalue weighted by molar-refractivity contribution is -0.127. The molecule has 4 aromatic rings. The third-order valence-electron chi connectivity index (χ3n) is 11.2. The first-order valence-corrected chi connectivity index (χ1v) is 18.1. The Hall–Kier alpha value is -4.44. The van der Waals surface area contributed by atoms with Gasteiger partial charge in [-0.05, 0) is 101 Å². The molecule has 3 fully saturated rings. The number of carbonyl (C=O) groups is 4. The summed E-state index contributed by atoms with van der Waals surface area (Å²) in [5.74, 6) is -5.18. The van der Waals surface area contributed by atoms with Crippen molar-refractivity contribution in [3.8, 4) is 11.5 Å². The van der Waals surface area contributed by atoms with Gasteiger partial charge in [-0.15, -0.1) is 0 Å². The molecule has 4 aromatic carbocycles. The molecule has 1 saturated carbocycles. The van der Waals surface area contributed by atoms with Crippen LogP contribution in [0.5, 0.6) is 11.5 Å². The summed E-state index contributed by atoms with van der Waals surface area (Å²) in [5.41, 5.74) is 2.12. The lowest BCUT2D eigenvalue weighted by Crippen LogP contribution is -2.53. The van der Waals surface area contributed by atoms with Crippen LogP contribution in [0, 0.1) is 30.6 Å². The molecule has 0 aromatic heterocycles. The van der Waals surface area contributed by atoms with Gasteiger partial charge in [0.05, 0.1) is 46.1 Å². The highest BCUT2D eigenvalue weighted by atomic mass is 79.9. The highest BCUT2D eigenvalue weighted by Crippen LogP contribution is 2.65. The fraction of sp³-hybridized carbons (Fsp3) is 0.250. The summed E-state index contributed by atoms with van der Waals surface area (Å²) in [6.07, 6.45) is 2.40. The van der Waals surface area contributed by atoms with Gasteiger partial charge < -0.3 is 9.84 Å². The molecule has 8 rings (SSSR count). The second kappa shape index (κ2) is 12.4. The summed E-state index contributed by atoms with van der Waals surface area (Å²) in [6.45, 7) is 1.85. The van der Waals surface area contributed by atoms with E-state index in [1.54, 1.807) is 54.6 Å². The molecule has 258 valence electrons. The van der Waals surface area contributed by atoms with Crippen molar-refractivity contribution >= 4 is 74.1 Å². The van der Waals surface area contributed by atoms with E-state index in [1.165, 1.54) is 16.9 Å². The molecular weight excluding hydrogens is 755 g/mol. The monoisotopic (exact) mass is 784 g/mol. The van der Waals surface area contributed by atoms with Crippen molar-refractivity contribution < 1.29 is 29.0 Å². The van der Waals surface area contributed by atoms with Gasteiger partial charge in [0.1, 0.15) is 0 Å². The first-order chi connectivity index (χ1) is 24.5. The number of aryl methyl sites for hydroxylation is 1. The summed E-state index contributed by atoms with van der Waals surface area (Å²) in [4.78, 5) is 61.4. The molecule has 2 heterocycles. The van der Waals surface area contributed by atoms with E-state index in [1.807, 2.05) is 43.3 Å². The Labute approximate surface area is 312 Å². The topological polar surface area (TPSA) is 104 Å². The lowest BCUT2D eigenvalue weighted by Gasteiger charge is -2.50. The number of anilines is 2. The Kier molecular flexibility index (Phi) is 8.16. The summed E-state index contributed by atoms with van der Waals surface area (Å²) in [7, 11) is 1.44. The number of amides is 4. The number of hydrogen-bond donors (Lipinski definition) is 1. The molecule has 2 aliphatic heterocycles. The van der Waals surface area contributed by atoms with E-state index in [-0.39, 0.29) is 36.2 Å². The van der Waals surface area contributed by atoms with Gasteiger partial charge >= 0.3 is 0 Å². The number of allylic oxidation sites excluding steroid dienone is 2. The minimum atomic E-state index is -1.47. The number of phenols is 1. The Morgan fingerprint density at radius 3 is 2.29 bits per heavy atom. The number of fused-ring (bicyclic) bond motifs is 4. The average Bonchev–Trinajstić information content (AvgIpc) is 3.51. The van der Waals surface area contributed by atoms with Crippen LogP contribution in [0.4, 0.5) is 11.4 Å². The van der Waals surface area contributed by atoms with Crippen molar-refractivity contribution in [1.82, 2.24) is 0 Å². The van der Waals surface area contributed by atoms with Gasteiger partial charge in [-0.1, -0.05) is 77.3 Å². The summed E-state index contributed by atoms with van der Waals surface area (Å²) in [6, 6.07) is 24.4. The SMILES string of the molecule is COc1cc([C@H]2C3=CC[C@@H]4C(=O)N(c5ccc(C)c(Cl)c5)C(=O)[C@@H]4[C@@H]3C[C@H]3C(=O)N(c4cccc(Cl)c4)C(=O)[C@@]23c2ccccc2)cc(Br)c1O. The van der Waals surface area contributed by atoms with E-state index in [0.717, 1.165) is 11.1 Å². The number of nitrogens with zero attached hydrogens (tertiary/aromatic N) is 2. The predicted octanol–water partition coefficient (Wildman–Crippen LogP) is 8.15. The zero-order valence-electron chi connectivity index (χ0n) is 27.5. The first-order valence-electron chi connectivity index (χ1n) is 16.6. The van der Waals surface area contributed by atoms with Crippen LogP contribution in [-0.4, -0.2) is 35.8 Å². The lowest BCUT2D eigenvalue weighted by atomic mass is 9.49. The van der Waals surface area contributed by atoms with Crippen LogP contribution in [-0.2, 0) is 24.6 Å². The number of aromatic hydroxyl groups is 1. The maximum Gasteiger partial charge on any atom is 0.246 e. The molecule has 2 saturated heterocycles. The van der Waals surface area contributed by atoms with Gasteiger partial charge in [0, 0.05) is 16.0 Å². The summed E-state index contributed by atoms with van der Waals surface area (Å²) in [5, 5.41) is 11.7. The molecule has 4 amide bonds. The second-order valence-corrected chi connectivity index (χ2v) is 15.3. The number of imide groups is 2. The Bertz CT molecular complexity index is 2210. The van der Waals surface area contributed by atoms with Crippen LogP contribution in [0.1, 0.15) is 35.4 Å². The maximum atomic E-state index is 15.4. The molecular formula is C40H31BrCl2N2O6. The van der Waals surface area contributed by atoms with E-state index in [0.29, 0.717) is 37.0 Å². The predicted molar refractivity (Wildman–Crippen MR) is 197 cm³/mol. The third-order valence-corrected chi connectivity index (χ3v) is 12.4. The molecule has 8 nitrogen and oxygen atoms in total. The van der Waals surface area contributed by atoms with Gasteiger partial charge in [0.15, 0.2) is 11.5 Å². The van der Waals surface area contributed by atoms with Gasteiger partial charge in [0.25, 0.3) is 0 Å². The van der Waals surface area contributed by atoms with Crippen molar-refractivity contribution in [1.29, 1.82) is 0 Å². The molecule has 6 atom stereocenters.